The lowest BCUT2D eigenvalue weighted by molar-refractivity contribution is -0.137. The number of hydrogen-bond donors (Lipinski definition) is 2. The molecule has 1 aliphatic rings. The van der Waals surface area contributed by atoms with E-state index in [1.54, 1.807) is 22.8 Å². The van der Waals surface area contributed by atoms with Crippen molar-refractivity contribution in [3.63, 3.8) is 0 Å². The Morgan fingerprint density at radius 1 is 1.13 bits per heavy atom. The number of aromatic nitrogens is 3. The highest BCUT2D eigenvalue weighted by atomic mass is 35.5. The van der Waals surface area contributed by atoms with Crippen molar-refractivity contribution >= 4 is 40.9 Å². The molecule has 0 aliphatic carbocycles. The predicted molar refractivity (Wildman–Crippen MR) is 139 cm³/mol. The van der Waals surface area contributed by atoms with Gasteiger partial charge in [0.05, 0.1) is 28.1 Å². The van der Waals surface area contributed by atoms with Crippen molar-refractivity contribution in [1.82, 2.24) is 20.1 Å². The van der Waals surface area contributed by atoms with Gasteiger partial charge in [-0.25, -0.2) is 0 Å². The molecule has 0 spiro atoms. The molecule has 14 heteroatoms. The van der Waals surface area contributed by atoms with E-state index in [4.69, 9.17) is 21.1 Å². The van der Waals surface area contributed by atoms with Gasteiger partial charge in [-0.1, -0.05) is 37.2 Å². The zero-order chi connectivity index (χ0) is 28.3. The number of fused-ring (bicyclic) bond motifs is 1. The monoisotopic (exact) mass is 583 g/mol. The van der Waals surface area contributed by atoms with Gasteiger partial charge in [-0.05, 0) is 49.2 Å². The lowest BCUT2D eigenvalue weighted by atomic mass is 10.0. The number of hydrogen-bond acceptors (Lipinski definition) is 7. The molecular weight excluding hydrogens is 559 g/mol. The molecule has 0 saturated carbocycles. The summed E-state index contributed by atoms with van der Waals surface area (Å²) in [5, 5.41) is 14.3. The second kappa shape index (κ2) is 11.7. The Kier molecular flexibility index (Phi) is 8.60. The van der Waals surface area contributed by atoms with Crippen molar-refractivity contribution in [2.24, 2.45) is 5.92 Å². The molecule has 0 radical (unpaired) electrons. The Hall–Kier alpha value is -3.45. The molecule has 9 nitrogen and oxygen atoms in total. The first-order valence-electron chi connectivity index (χ1n) is 11.9. The van der Waals surface area contributed by atoms with E-state index in [1.165, 1.54) is 0 Å². The number of anilines is 1. The van der Waals surface area contributed by atoms with Gasteiger partial charge < -0.3 is 24.7 Å². The summed E-state index contributed by atoms with van der Waals surface area (Å²) < 4.78 is 51.5. The molecule has 1 unspecified atom stereocenters. The van der Waals surface area contributed by atoms with E-state index in [2.05, 4.69) is 20.8 Å². The summed E-state index contributed by atoms with van der Waals surface area (Å²) in [5.74, 6) is 0.462. The molecule has 1 atom stereocenters. The molecular formula is C25H25ClF3N5O4S. The van der Waals surface area contributed by atoms with Crippen LogP contribution in [0, 0.1) is 5.92 Å². The van der Waals surface area contributed by atoms with Crippen LogP contribution in [0.4, 0.5) is 18.9 Å². The van der Waals surface area contributed by atoms with Crippen LogP contribution in [0.1, 0.15) is 48.6 Å². The minimum Gasteiger partial charge on any atom is -0.454 e. The van der Waals surface area contributed by atoms with Crippen molar-refractivity contribution in [2.45, 2.75) is 44.7 Å². The average molecular weight is 584 g/mol. The van der Waals surface area contributed by atoms with Gasteiger partial charge in [0.1, 0.15) is 0 Å². The number of amides is 2. The van der Waals surface area contributed by atoms with E-state index < -0.39 is 23.7 Å². The summed E-state index contributed by atoms with van der Waals surface area (Å²) >= 11 is 7.04. The predicted octanol–water partition coefficient (Wildman–Crippen LogP) is 5.56. The summed E-state index contributed by atoms with van der Waals surface area (Å²) in [7, 11) is 0. The maximum absolute atomic E-state index is 13.0. The highest BCUT2D eigenvalue weighted by Crippen LogP contribution is 2.35. The molecule has 2 aromatic carbocycles. The zero-order valence-corrected chi connectivity index (χ0v) is 22.7. The van der Waals surface area contributed by atoms with Gasteiger partial charge in [-0.3, -0.25) is 9.59 Å². The molecule has 2 N–H and O–H groups in total. The van der Waals surface area contributed by atoms with Crippen LogP contribution in [0.15, 0.2) is 41.6 Å². The number of carbonyl (C=O) groups is 2. The molecule has 1 aromatic heterocycles. The van der Waals surface area contributed by atoms with E-state index in [0.717, 1.165) is 30.0 Å². The molecule has 0 saturated heterocycles. The number of rotatable bonds is 9. The number of benzene rings is 2. The summed E-state index contributed by atoms with van der Waals surface area (Å²) in [6, 6.07) is 7.13. The summed E-state index contributed by atoms with van der Waals surface area (Å²) in [6.45, 7) is 6.28. The zero-order valence-electron chi connectivity index (χ0n) is 21.1. The fraction of sp³-hybridized carbons (Fsp3) is 0.360. The highest BCUT2D eigenvalue weighted by Gasteiger charge is 2.31. The minimum atomic E-state index is -4.57. The third-order valence-electron chi connectivity index (χ3n) is 5.83. The average Bonchev–Trinajstić information content (AvgIpc) is 3.52. The van der Waals surface area contributed by atoms with Crippen molar-refractivity contribution in [2.75, 3.05) is 17.9 Å². The van der Waals surface area contributed by atoms with Gasteiger partial charge in [0.25, 0.3) is 5.91 Å². The maximum Gasteiger partial charge on any atom is 0.416 e. The molecule has 1 aliphatic heterocycles. The molecule has 3 aromatic rings. The van der Waals surface area contributed by atoms with E-state index in [-0.39, 0.29) is 35.1 Å². The third-order valence-corrected chi connectivity index (χ3v) is 7.12. The maximum atomic E-state index is 13.0. The van der Waals surface area contributed by atoms with Crippen molar-refractivity contribution in [1.29, 1.82) is 0 Å². The Bertz CT molecular complexity index is 1380. The van der Waals surface area contributed by atoms with Crippen LogP contribution in [0.3, 0.4) is 0 Å². The molecule has 2 amide bonds. The van der Waals surface area contributed by atoms with Gasteiger partial charge in [0, 0.05) is 12.1 Å². The lowest BCUT2D eigenvalue weighted by Gasteiger charge is -2.22. The summed E-state index contributed by atoms with van der Waals surface area (Å²) in [6.07, 6.45) is -4.57. The van der Waals surface area contributed by atoms with Crippen molar-refractivity contribution in [3.05, 3.63) is 58.4 Å². The number of ether oxygens (including phenoxy) is 2. The number of carbonyl (C=O) groups excluding carboxylic acids is 2. The molecule has 208 valence electrons. The van der Waals surface area contributed by atoms with Crippen molar-refractivity contribution < 1.29 is 32.2 Å². The number of thioether (sulfide) groups is 1. The largest absolute Gasteiger partial charge is 0.454 e. The molecule has 4 rings (SSSR count). The quantitative estimate of drug-likeness (QED) is 0.318. The Morgan fingerprint density at radius 3 is 2.56 bits per heavy atom. The first-order chi connectivity index (χ1) is 18.5. The minimum absolute atomic E-state index is 0.0154. The number of alkyl halides is 3. The standard InChI is InChI=1S/C25H25ClF3N5O4S/c1-4-34-22(21(13(2)3)31-23(36)14-5-8-18-19(9-14)38-12-37-18)32-33-24(34)39-11-20(35)30-17-10-15(25(27,28)29)6-7-16(17)26/h5-10,13,21H,4,11-12H2,1-3H3,(H,30,35)(H,31,36). The smallest absolute Gasteiger partial charge is 0.416 e. The molecule has 0 fully saturated rings. The number of nitrogens with zero attached hydrogens (tertiary/aromatic N) is 3. The lowest BCUT2D eigenvalue weighted by Crippen LogP contribution is -2.33. The fourth-order valence-corrected chi connectivity index (χ4v) is 4.81. The van der Waals surface area contributed by atoms with Crippen LogP contribution in [0.5, 0.6) is 11.5 Å². The second-order valence-electron chi connectivity index (χ2n) is 8.88. The van der Waals surface area contributed by atoms with Crippen molar-refractivity contribution in [3.8, 4) is 11.5 Å². The SMILES string of the molecule is CCn1c(SCC(=O)Nc2cc(C(F)(F)F)ccc2Cl)nnc1C(NC(=O)c1ccc2c(c1)OCO2)C(C)C. The third kappa shape index (κ3) is 6.59. The first kappa shape index (κ1) is 28.6. The summed E-state index contributed by atoms with van der Waals surface area (Å²) in [5.41, 5.74) is -0.666. The summed E-state index contributed by atoms with van der Waals surface area (Å²) in [4.78, 5) is 25.6. The van der Waals surface area contributed by atoms with Gasteiger partial charge >= 0.3 is 6.18 Å². The van der Waals surface area contributed by atoms with E-state index in [0.29, 0.717) is 34.6 Å². The molecule has 39 heavy (non-hydrogen) atoms. The van der Waals surface area contributed by atoms with Gasteiger partial charge in [-0.15, -0.1) is 10.2 Å². The van der Waals surface area contributed by atoms with Crippen LogP contribution in [0.25, 0.3) is 0 Å². The molecule has 2 heterocycles. The van der Waals surface area contributed by atoms with Gasteiger partial charge in [-0.2, -0.15) is 13.2 Å². The van der Waals surface area contributed by atoms with Crippen LogP contribution < -0.4 is 20.1 Å². The highest BCUT2D eigenvalue weighted by molar-refractivity contribution is 7.99. The fourth-order valence-electron chi connectivity index (χ4n) is 3.84. The molecule has 0 bridgehead atoms. The van der Waals surface area contributed by atoms with Crippen LogP contribution in [-0.2, 0) is 17.5 Å². The van der Waals surface area contributed by atoms with E-state index in [1.807, 2.05) is 20.8 Å². The Morgan fingerprint density at radius 2 is 1.87 bits per heavy atom. The van der Waals surface area contributed by atoms with Gasteiger partial charge in [0.15, 0.2) is 22.5 Å². The first-order valence-corrected chi connectivity index (χ1v) is 13.3. The van der Waals surface area contributed by atoms with Crippen LogP contribution in [-0.4, -0.2) is 39.1 Å². The normalized spacial score (nSPS) is 13.4. The number of halogens is 4. The number of nitrogens with one attached hydrogen (secondary N) is 2. The topological polar surface area (TPSA) is 107 Å². The second-order valence-corrected chi connectivity index (χ2v) is 10.2. The van der Waals surface area contributed by atoms with E-state index >= 15 is 0 Å². The van der Waals surface area contributed by atoms with Crippen LogP contribution >= 0.6 is 23.4 Å². The van der Waals surface area contributed by atoms with Crippen LogP contribution in [0.2, 0.25) is 5.02 Å². The Balaban J connectivity index is 1.45. The van der Waals surface area contributed by atoms with Gasteiger partial charge in [0.2, 0.25) is 12.7 Å². The van der Waals surface area contributed by atoms with E-state index in [9.17, 15) is 22.8 Å². The Labute approximate surface area is 231 Å².